The van der Waals surface area contributed by atoms with Gasteiger partial charge in [-0.2, -0.15) is 0 Å². The number of amides is 2. The van der Waals surface area contributed by atoms with Crippen molar-refractivity contribution in [3.63, 3.8) is 0 Å². The summed E-state index contributed by atoms with van der Waals surface area (Å²) >= 11 is 0. The molecule has 4 rings (SSSR count). The molecular weight excluding hydrogens is 314 g/mol. The fourth-order valence-electron chi connectivity index (χ4n) is 3.77. The maximum absolute atomic E-state index is 12.4. The Balaban J connectivity index is 1.27. The number of anilines is 1. The van der Waals surface area contributed by atoms with Crippen molar-refractivity contribution in [1.29, 1.82) is 0 Å². The summed E-state index contributed by atoms with van der Waals surface area (Å²) in [4.78, 5) is 23.1. The number of hydrogen-bond acceptors (Lipinski definition) is 4. The highest BCUT2D eigenvalue weighted by atomic mass is 16.2. The maximum Gasteiger partial charge on any atom is 0.315 e. The number of rotatable bonds is 3. The van der Waals surface area contributed by atoms with Gasteiger partial charge in [0.1, 0.15) is 0 Å². The van der Waals surface area contributed by atoms with Crippen LogP contribution >= 0.6 is 0 Å². The first-order valence-corrected chi connectivity index (χ1v) is 8.96. The van der Waals surface area contributed by atoms with Crippen molar-refractivity contribution in [1.82, 2.24) is 20.6 Å². The Labute approximate surface area is 147 Å². The Hall–Kier alpha value is -2.63. The molecule has 2 heterocycles. The molecule has 1 fully saturated rings. The molecule has 6 nitrogen and oxygen atoms in total. The number of hydrogen-bond donors (Lipinski definition) is 2. The van der Waals surface area contributed by atoms with Gasteiger partial charge in [-0.1, -0.05) is 24.3 Å². The second kappa shape index (κ2) is 7.09. The topological polar surface area (TPSA) is 70.2 Å². The van der Waals surface area contributed by atoms with Crippen molar-refractivity contribution in [2.75, 3.05) is 18.0 Å². The van der Waals surface area contributed by atoms with Gasteiger partial charge >= 0.3 is 6.03 Å². The van der Waals surface area contributed by atoms with E-state index in [-0.39, 0.29) is 18.1 Å². The van der Waals surface area contributed by atoms with Gasteiger partial charge in [0.2, 0.25) is 5.95 Å². The van der Waals surface area contributed by atoms with Gasteiger partial charge in [0.05, 0.1) is 6.04 Å². The van der Waals surface area contributed by atoms with Crippen LogP contribution in [0.2, 0.25) is 0 Å². The predicted octanol–water partition coefficient (Wildman–Crippen LogP) is 2.43. The minimum atomic E-state index is -0.0592. The first kappa shape index (κ1) is 15.9. The number of carbonyl (C=O) groups is 1. The van der Waals surface area contributed by atoms with E-state index in [0.717, 1.165) is 44.7 Å². The summed E-state index contributed by atoms with van der Waals surface area (Å²) in [5, 5.41) is 6.27. The van der Waals surface area contributed by atoms with Gasteiger partial charge in [-0.25, -0.2) is 14.8 Å². The van der Waals surface area contributed by atoms with Crippen molar-refractivity contribution in [3.8, 4) is 0 Å². The minimum absolute atomic E-state index is 0.0592. The van der Waals surface area contributed by atoms with E-state index in [4.69, 9.17) is 0 Å². The molecule has 1 saturated heterocycles. The zero-order chi connectivity index (χ0) is 17.1. The number of nitrogens with one attached hydrogen (secondary N) is 2. The number of piperidine rings is 1. The Morgan fingerprint density at radius 2 is 1.76 bits per heavy atom. The highest BCUT2D eigenvalue weighted by Crippen LogP contribution is 2.30. The van der Waals surface area contributed by atoms with Crippen LogP contribution in [0.15, 0.2) is 42.7 Å². The summed E-state index contributed by atoms with van der Waals surface area (Å²) in [6.45, 7) is 1.72. The van der Waals surface area contributed by atoms with Crippen LogP contribution in [0.5, 0.6) is 0 Å². The second-order valence-electron chi connectivity index (χ2n) is 6.72. The molecule has 6 heteroatoms. The van der Waals surface area contributed by atoms with Crippen LogP contribution in [0.1, 0.15) is 36.4 Å². The Kier molecular flexibility index (Phi) is 4.50. The summed E-state index contributed by atoms with van der Waals surface area (Å²) in [6.07, 6.45) is 7.37. The number of fused-ring (bicyclic) bond motifs is 1. The molecule has 1 aromatic carbocycles. The molecule has 0 spiro atoms. The number of carbonyl (C=O) groups excluding carboxylic acids is 1. The van der Waals surface area contributed by atoms with Gasteiger partial charge in [0, 0.05) is 31.5 Å². The largest absolute Gasteiger partial charge is 0.341 e. The summed E-state index contributed by atoms with van der Waals surface area (Å²) in [7, 11) is 0. The van der Waals surface area contributed by atoms with Crippen LogP contribution in [-0.2, 0) is 6.42 Å². The van der Waals surface area contributed by atoms with Crippen molar-refractivity contribution in [2.45, 2.75) is 37.8 Å². The van der Waals surface area contributed by atoms with Crippen LogP contribution in [0, 0.1) is 0 Å². The summed E-state index contributed by atoms with van der Waals surface area (Å²) < 4.78 is 0. The third kappa shape index (κ3) is 3.57. The number of aromatic nitrogens is 2. The number of aryl methyl sites for hydroxylation is 1. The van der Waals surface area contributed by atoms with Crippen molar-refractivity contribution >= 4 is 12.0 Å². The van der Waals surface area contributed by atoms with Crippen molar-refractivity contribution in [2.24, 2.45) is 0 Å². The fraction of sp³-hybridized carbons (Fsp3) is 0.421. The van der Waals surface area contributed by atoms with Gasteiger partial charge in [-0.3, -0.25) is 0 Å². The van der Waals surface area contributed by atoms with Gasteiger partial charge in [-0.15, -0.1) is 0 Å². The molecule has 2 aromatic rings. The smallest absolute Gasteiger partial charge is 0.315 e. The van der Waals surface area contributed by atoms with Crippen LogP contribution in [0.25, 0.3) is 0 Å². The lowest BCUT2D eigenvalue weighted by Crippen LogP contribution is -2.48. The molecule has 1 aromatic heterocycles. The predicted molar refractivity (Wildman–Crippen MR) is 96.4 cm³/mol. The average molecular weight is 337 g/mol. The van der Waals surface area contributed by atoms with Crippen LogP contribution < -0.4 is 15.5 Å². The second-order valence-corrected chi connectivity index (χ2v) is 6.72. The summed E-state index contributed by atoms with van der Waals surface area (Å²) in [5.74, 6) is 0.771. The third-order valence-corrected chi connectivity index (χ3v) is 5.10. The number of urea groups is 1. The third-order valence-electron chi connectivity index (χ3n) is 5.10. The van der Waals surface area contributed by atoms with Crippen LogP contribution in [0.4, 0.5) is 10.7 Å². The fourth-order valence-corrected chi connectivity index (χ4v) is 3.77. The maximum atomic E-state index is 12.4. The van der Waals surface area contributed by atoms with E-state index in [1.807, 2.05) is 12.1 Å². The highest BCUT2D eigenvalue weighted by molar-refractivity contribution is 5.75. The molecule has 1 unspecified atom stereocenters. The van der Waals surface area contributed by atoms with Crippen molar-refractivity contribution in [3.05, 3.63) is 53.9 Å². The first-order chi connectivity index (χ1) is 12.3. The molecule has 1 aliphatic heterocycles. The molecule has 0 radical (unpaired) electrons. The standard InChI is InChI=1S/C19H23N5O/c25-19(23-17-7-6-14-4-1-2-5-16(14)17)22-15-8-12-24(13-9-15)18-20-10-3-11-21-18/h1-5,10-11,15,17H,6-9,12-13H2,(H2,22,23,25). The lowest BCUT2D eigenvalue weighted by atomic mass is 10.1. The van der Waals surface area contributed by atoms with E-state index in [2.05, 4.69) is 43.7 Å². The zero-order valence-corrected chi connectivity index (χ0v) is 14.2. The first-order valence-electron chi connectivity index (χ1n) is 8.96. The van der Waals surface area contributed by atoms with Gasteiger partial charge < -0.3 is 15.5 Å². The van der Waals surface area contributed by atoms with E-state index in [1.54, 1.807) is 12.4 Å². The van der Waals surface area contributed by atoms with Crippen molar-refractivity contribution < 1.29 is 4.79 Å². The highest BCUT2D eigenvalue weighted by Gasteiger charge is 2.26. The molecule has 2 N–H and O–H groups in total. The van der Waals surface area contributed by atoms with Gasteiger partial charge in [0.25, 0.3) is 0 Å². The molecular formula is C19H23N5O. The molecule has 0 saturated carbocycles. The van der Waals surface area contributed by atoms with E-state index >= 15 is 0 Å². The molecule has 130 valence electrons. The van der Waals surface area contributed by atoms with Crippen LogP contribution in [0.3, 0.4) is 0 Å². The zero-order valence-electron chi connectivity index (χ0n) is 14.2. The average Bonchev–Trinajstić information content (AvgIpc) is 3.06. The Bertz CT molecular complexity index is 728. The van der Waals surface area contributed by atoms with E-state index < -0.39 is 0 Å². The molecule has 2 amide bonds. The monoisotopic (exact) mass is 337 g/mol. The minimum Gasteiger partial charge on any atom is -0.341 e. The summed E-state index contributed by atoms with van der Waals surface area (Å²) in [6, 6.07) is 10.5. The molecule has 0 bridgehead atoms. The summed E-state index contributed by atoms with van der Waals surface area (Å²) in [5.41, 5.74) is 2.61. The quantitative estimate of drug-likeness (QED) is 0.902. The van der Waals surface area contributed by atoms with Gasteiger partial charge in [0.15, 0.2) is 0 Å². The normalized spacial score (nSPS) is 20.2. The lowest BCUT2D eigenvalue weighted by Gasteiger charge is -2.32. The SMILES string of the molecule is O=C(NC1CCN(c2ncccn2)CC1)NC1CCc2ccccc21. The lowest BCUT2D eigenvalue weighted by molar-refractivity contribution is 0.230. The Morgan fingerprint density at radius 3 is 2.56 bits per heavy atom. The number of benzene rings is 1. The van der Waals surface area contributed by atoms with E-state index in [0.29, 0.717) is 0 Å². The molecule has 25 heavy (non-hydrogen) atoms. The van der Waals surface area contributed by atoms with E-state index in [9.17, 15) is 4.79 Å². The Morgan fingerprint density at radius 1 is 1.00 bits per heavy atom. The van der Waals surface area contributed by atoms with Gasteiger partial charge in [-0.05, 0) is 42.9 Å². The van der Waals surface area contributed by atoms with E-state index in [1.165, 1.54) is 11.1 Å². The molecule has 1 atom stereocenters. The molecule has 2 aliphatic rings. The van der Waals surface area contributed by atoms with Crippen LogP contribution in [-0.4, -0.2) is 35.1 Å². The number of nitrogens with zero attached hydrogens (tertiary/aromatic N) is 3. The molecule has 1 aliphatic carbocycles.